The first kappa shape index (κ1) is 15.5. The maximum Gasteiger partial charge on any atom is 0.268 e. The van der Waals surface area contributed by atoms with E-state index in [0.29, 0.717) is 22.3 Å². The van der Waals surface area contributed by atoms with E-state index in [0.717, 1.165) is 10.9 Å². The second-order valence-corrected chi connectivity index (χ2v) is 6.03. The third-order valence-corrected chi connectivity index (χ3v) is 4.10. The van der Waals surface area contributed by atoms with E-state index in [2.05, 4.69) is 20.6 Å². The number of hydrogen-bond acceptors (Lipinski definition) is 4. The fraction of sp³-hybridized carbons (Fsp3) is 0.118. The van der Waals surface area contributed by atoms with Crippen LogP contribution in [-0.2, 0) is 4.79 Å². The SMILES string of the molecule is O=C(N[C@H]1COc2ncccc2NC1=O)c1cc2cc(Cl)ccc2[nH]1. The monoisotopic (exact) mass is 356 g/mol. The smallest absolute Gasteiger partial charge is 0.268 e. The molecular weight excluding hydrogens is 344 g/mol. The molecule has 0 radical (unpaired) electrons. The normalized spacial score (nSPS) is 16.5. The molecule has 3 heterocycles. The summed E-state index contributed by atoms with van der Waals surface area (Å²) in [6.07, 6.45) is 1.57. The van der Waals surface area contributed by atoms with E-state index in [9.17, 15) is 9.59 Å². The van der Waals surface area contributed by atoms with Gasteiger partial charge in [-0.2, -0.15) is 0 Å². The van der Waals surface area contributed by atoms with Gasteiger partial charge < -0.3 is 20.4 Å². The number of H-pyrrole nitrogens is 1. The number of pyridine rings is 1. The molecule has 2 amide bonds. The zero-order valence-electron chi connectivity index (χ0n) is 12.9. The first-order valence-corrected chi connectivity index (χ1v) is 7.96. The van der Waals surface area contributed by atoms with Gasteiger partial charge in [0.25, 0.3) is 11.8 Å². The Bertz CT molecular complexity index is 985. The van der Waals surface area contributed by atoms with E-state index in [1.807, 2.05) is 0 Å². The predicted octanol–water partition coefficient (Wildman–Crippen LogP) is 2.35. The molecule has 0 fully saturated rings. The molecule has 4 rings (SSSR count). The maximum absolute atomic E-state index is 12.5. The number of nitrogens with zero attached hydrogens (tertiary/aromatic N) is 1. The van der Waals surface area contributed by atoms with Crippen LogP contribution in [0.15, 0.2) is 42.6 Å². The Hall–Kier alpha value is -3.06. The lowest BCUT2D eigenvalue weighted by Crippen LogP contribution is -2.46. The van der Waals surface area contributed by atoms with Crippen molar-refractivity contribution in [3.05, 3.63) is 53.3 Å². The average Bonchev–Trinajstić information content (AvgIpc) is 2.95. The highest BCUT2D eigenvalue weighted by molar-refractivity contribution is 6.31. The molecule has 25 heavy (non-hydrogen) atoms. The number of nitrogens with one attached hydrogen (secondary N) is 3. The molecule has 0 aliphatic carbocycles. The first-order chi connectivity index (χ1) is 12.1. The molecule has 7 nitrogen and oxygen atoms in total. The minimum Gasteiger partial charge on any atom is -0.473 e. The Morgan fingerprint density at radius 2 is 2.20 bits per heavy atom. The van der Waals surface area contributed by atoms with Gasteiger partial charge in [-0.1, -0.05) is 11.6 Å². The standard InChI is InChI=1S/C17H13ClN4O3/c18-10-3-4-11-9(6-10)7-13(20-11)15(23)22-14-8-25-17-12(21-16(14)24)2-1-5-19-17/h1-7,14,20H,8H2,(H,21,24)(H,22,23)/t14-/m0/s1. The van der Waals surface area contributed by atoms with Crippen LogP contribution in [0.1, 0.15) is 10.5 Å². The molecule has 3 aromatic rings. The van der Waals surface area contributed by atoms with Crippen LogP contribution in [0.4, 0.5) is 5.69 Å². The summed E-state index contributed by atoms with van der Waals surface area (Å²) < 4.78 is 5.51. The molecule has 2 aromatic heterocycles. The molecule has 0 saturated heterocycles. The van der Waals surface area contributed by atoms with Crippen molar-refractivity contribution in [3.8, 4) is 5.88 Å². The Morgan fingerprint density at radius 3 is 3.08 bits per heavy atom. The van der Waals surface area contributed by atoms with Crippen molar-refractivity contribution in [2.45, 2.75) is 6.04 Å². The van der Waals surface area contributed by atoms with Gasteiger partial charge in [0.05, 0.1) is 0 Å². The van der Waals surface area contributed by atoms with Crippen molar-refractivity contribution >= 4 is 40.0 Å². The number of rotatable bonds is 2. The van der Waals surface area contributed by atoms with Gasteiger partial charge in [-0.05, 0) is 36.4 Å². The zero-order chi connectivity index (χ0) is 17.4. The fourth-order valence-corrected chi connectivity index (χ4v) is 2.81. The number of ether oxygens (including phenoxy) is 1. The van der Waals surface area contributed by atoms with Crippen LogP contribution in [0.2, 0.25) is 5.02 Å². The van der Waals surface area contributed by atoms with Gasteiger partial charge in [0.15, 0.2) is 0 Å². The molecule has 3 N–H and O–H groups in total. The third kappa shape index (κ3) is 3.01. The molecule has 1 atom stereocenters. The van der Waals surface area contributed by atoms with E-state index in [1.54, 1.807) is 42.6 Å². The molecule has 8 heteroatoms. The predicted molar refractivity (Wildman–Crippen MR) is 92.9 cm³/mol. The number of carbonyl (C=O) groups is 2. The summed E-state index contributed by atoms with van der Waals surface area (Å²) in [5, 5.41) is 6.76. The van der Waals surface area contributed by atoms with Crippen molar-refractivity contribution in [3.63, 3.8) is 0 Å². The van der Waals surface area contributed by atoms with Crippen molar-refractivity contribution in [2.24, 2.45) is 0 Å². The summed E-state index contributed by atoms with van der Waals surface area (Å²) >= 11 is 5.95. The van der Waals surface area contributed by atoms with Crippen LogP contribution in [0.3, 0.4) is 0 Å². The lowest BCUT2D eigenvalue weighted by atomic mass is 10.2. The fourth-order valence-electron chi connectivity index (χ4n) is 2.63. The van der Waals surface area contributed by atoms with E-state index >= 15 is 0 Å². The highest BCUT2D eigenvalue weighted by Crippen LogP contribution is 2.23. The van der Waals surface area contributed by atoms with Gasteiger partial charge in [-0.3, -0.25) is 9.59 Å². The van der Waals surface area contributed by atoms with Crippen LogP contribution in [0.5, 0.6) is 5.88 Å². The van der Waals surface area contributed by atoms with Crippen molar-refractivity contribution in [1.29, 1.82) is 0 Å². The van der Waals surface area contributed by atoms with E-state index in [1.165, 1.54) is 0 Å². The number of anilines is 1. The number of halogens is 1. The Balaban J connectivity index is 1.53. The van der Waals surface area contributed by atoms with Crippen molar-refractivity contribution in [1.82, 2.24) is 15.3 Å². The van der Waals surface area contributed by atoms with Gasteiger partial charge in [0.1, 0.15) is 24.0 Å². The van der Waals surface area contributed by atoms with Crippen LogP contribution in [0.25, 0.3) is 10.9 Å². The quantitative estimate of drug-likeness (QED) is 0.656. The van der Waals surface area contributed by atoms with Crippen LogP contribution in [0, 0.1) is 0 Å². The summed E-state index contributed by atoms with van der Waals surface area (Å²) in [5.74, 6) is -0.443. The van der Waals surface area contributed by atoms with Crippen LogP contribution in [-0.4, -0.2) is 34.4 Å². The molecule has 1 aliphatic heterocycles. The Labute approximate surface area is 147 Å². The molecular formula is C17H13ClN4O3. The molecule has 0 unspecified atom stereocenters. The molecule has 0 saturated carbocycles. The topological polar surface area (TPSA) is 96.1 Å². The highest BCUT2D eigenvalue weighted by atomic mass is 35.5. The lowest BCUT2D eigenvalue weighted by Gasteiger charge is -2.13. The van der Waals surface area contributed by atoms with Gasteiger partial charge in [-0.15, -0.1) is 0 Å². The summed E-state index contributed by atoms with van der Waals surface area (Å²) in [6.45, 7) is -0.00631. The summed E-state index contributed by atoms with van der Waals surface area (Å²) in [4.78, 5) is 31.8. The number of aromatic nitrogens is 2. The summed E-state index contributed by atoms with van der Waals surface area (Å²) in [7, 11) is 0. The first-order valence-electron chi connectivity index (χ1n) is 7.58. The van der Waals surface area contributed by atoms with Gasteiger partial charge in [0, 0.05) is 22.1 Å². The van der Waals surface area contributed by atoms with Crippen LogP contribution < -0.4 is 15.4 Å². The second-order valence-electron chi connectivity index (χ2n) is 5.60. The minimum absolute atomic E-state index is 0.00631. The average molecular weight is 357 g/mol. The number of aromatic amines is 1. The number of fused-ring (bicyclic) bond motifs is 2. The third-order valence-electron chi connectivity index (χ3n) is 3.86. The number of benzene rings is 1. The summed E-state index contributed by atoms with van der Waals surface area (Å²) in [6, 6.07) is 9.51. The van der Waals surface area contributed by atoms with Crippen molar-refractivity contribution < 1.29 is 14.3 Å². The second kappa shape index (κ2) is 6.10. The number of carbonyl (C=O) groups excluding carboxylic acids is 2. The highest BCUT2D eigenvalue weighted by Gasteiger charge is 2.27. The molecule has 1 aliphatic rings. The maximum atomic E-state index is 12.5. The van der Waals surface area contributed by atoms with Crippen molar-refractivity contribution in [2.75, 3.05) is 11.9 Å². The summed E-state index contributed by atoms with van der Waals surface area (Å²) in [5.41, 5.74) is 1.60. The Morgan fingerprint density at radius 1 is 1.32 bits per heavy atom. The molecule has 0 bridgehead atoms. The molecule has 0 spiro atoms. The molecule has 1 aromatic carbocycles. The zero-order valence-corrected chi connectivity index (χ0v) is 13.6. The van der Waals surface area contributed by atoms with Gasteiger partial charge in [-0.25, -0.2) is 4.98 Å². The van der Waals surface area contributed by atoms with E-state index in [-0.39, 0.29) is 12.5 Å². The van der Waals surface area contributed by atoms with Crippen LogP contribution >= 0.6 is 11.6 Å². The van der Waals surface area contributed by atoms with E-state index < -0.39 is 11.9 Å². The van der Waals surface area contributed by atoms with E-state index in [4.69, 9.17) is 16.3 Å². The number of hydrogen-bond donors (Lipinski definition) is 3. The number of amides is 2. The van der Waals surface area contributed by atoms with Gasteiger partial charge in [0.2, 0.25) is 5.88 Å². The minimum atomic E-state index is -0.836. The lowest BCUT2D eigenvalue weighted by molar-refractivity contribution is -0.118. The Kier molecular flexibility index (Phi) is 3.77. The molecule has 126 valence electrons. The van der Waals surface area contributed by atoms with Gasteiger partial charge >= 0.3 is 0 Å². The largest absolute Gasteiger partial charge is 0.473 e.